The zero-order valence-electron chi connectivity index (χ0n) is 13.0. The van der Waals surface area contributed by atoms with Crippen LogP contribution >= 0.6 is 0 Å². The lowest BCUT2D eigenvalue weighted by atomic mass is 9.83. The van der Waals surface area contributed by atoms with Crippen molar-refractivity contribution in [2.75, 3.05) is 0 Å². The number of nitriles is 1. The van der Waals surface area contributed by atoms with E-state index in [1.54, 1.807) is 12.4 Å². The van der Waals surface area contributed by atoms with Gasteiger partial charge in [0.1, 0.15) is 0 Å². The van der Waals surface area contributed by atoms with Gasteiger partial charge in [-0.05, 0) is 54.7 Å². The van der Waals surface area contributed by atoms with Gasteiger partial charge >= 0.3 is 0 Å². The highest BCUT2D eigenvalue weighted by Gasteiger charge is 2.21. The van der Waals surface area contributed by atoms with E-state index in [0.717, 1.165) is 34.1 Å². The molecule has 2 heterocycles. The van der Waals surface area contributed by atoms with Crippen LogP contribution in [0.3, 0.4) is 0 Å². The molecule has 1 aromatic carbocycles. The summed E-state index contributed by atoms with van der Waals surface area (Å²) in [7, 11) is 0. The average molecular weight is 290 g/mol. The Balaban J connectivity index is 2.25. The Bertz CT molecular complexity index is 868. The summed E-state index contributed by atoms with van der Waals surface area (Å²) in [4.78, 5) is 4.29. The Hall–Kier alpha value is -2.67. The molecule has 0 unspecified atom stereocenters. The third kappa shape index (κ3) is 2.35. The first-order chi connectivity index (χ1) is 10.5. The van der Waals surface area contributed by atoms with Crippen LogP contribution in [0.15, 0.2) is 36.7 Å². The number of H-pyrrole nitrogens is 1. The smallest absolute Gasteiger partial charge is 0.155 e. The van der Waals surface area contributed by atoms with E-state index in [1.165, 1.54) is 5.56 Å². The van der Waals surface area contributed by atoms with Crippen LogP contribution in [0.5, 0.6) is 0 Å². The molecule has 3 rings (SSSR count). The third-order valence-corrected chi connectivity index (χ3v) is 4.07. The molecule has 0 aliphatic carbocycles. The average Bonchev–Trinajstić information content (AvgIpc) is 3.02. The molecule has 2 aromatic heterocycles. The van der Waals surface area contributed by atoms with Crippen LogP contribution < -0.4 is 0 Å². The van der Waals surface area contributed by atoms with Gasteiger partial charge in [0.15, 0.2) is 5.65 Å². The topological polar surface area (TPSA) is 65.4 Å². The Morgan fingerprint density at radius 1 is 1.27 bits per heavy atom. The van der Waals surface area contributed by atoms with Crippen LogP contribution in [0, 0.1) is 11.3 Å². The number of hydrogen-bond donors (Lipinski definition) is 1. The summed E-state index contributed by atoms with van der Waals surface area (Å²) in [5.74, 6) is 0. The SMILES string of the molecule is CCc1cc(-c2ccnc3[nH]ncc23)cc(C(C)(C)C#N)c1. The van der Waals surface area contributed by atoms with Crippen molar-refractivity contribution in [2.24, 2.45) is 0 Å². The summed E-state index contributed by atoms with van der Waals surface area (Å²) in [6, 6.07) is 10.8. The van der Waals surface area contributed by atoms with Crippen LogP contribution in [0.25, 0.3) is 22.2 Å². The number of hydrogen-bond acceptors (Lipinski definition) is 3. The molecule has 0 aliphatic heterocycles. The molecular formula is C18H18N4. The number of aromatic nitrogens is 3. The van der Waals surface area contributed by atoms with Gasteiger partial charge in [0, 0.05) is 11.6 Å². The normalized spacial score (nSPS) is 11.5. The summed E-state index contributed by atoms with van der Waals surface area (Å²) in [6.07, 6.45) is 4.51. The number of nitrogens with zero attached hydrogens (tertiary/aromatic N) is 3. The third-order valence-electron chi connectivity index (χ3n) is 4.07. The van der Waals surface area contributed by atoms with E-state index in [4.69, 9.17) is 0 Å². The van der Waals surface area contributed by atoms with E-state index in [9.17, 15) is 5.26 Å². The molecule has 110 valence electrons. The van der Waals surface area contributed by atoms with Crippen LogP contribution in [-0.2, 0) is 11.8 Å². The Labute approximate surface area is 129 Å². The molecule has 0 amide bonds. The van der Waals surface area contributed by atoms with Crippen LogP contribution in [-0.4, -0.2) is 15.2 Å². The minimum atomic E-state index is -0.511. The highest BCUT2D eigenvalue weighted by Crippen LogP contribution is 2.32. The molecule has 0 spiro atoms. The van der Waals surface area contributed by atoms with E-state index in [2.05, 4.69) is 46.4 Å². The van der Waals surface area contributed by atoms with Crippen LogP contribution in [0.2, 0.25) is 0 Å². The number of benzene rings is 1. The number of rotatable bonds is 3. The lowest BCUT2D eigenvalue weighted by Crippen LogP contribution is -2.14. The highest BCUT2D eigenvalue weighted by atomic mass is 15.1. The molecule has 0 atom stereocenters. The van der Waals surface area contributed by atoms with Crippen molar-refractivity contribution in [3.8, 4) is 17.2 Å². The summed E-state index contributed by atoms with van der Waals surface area (Å²) in [5.41, 5.74) is 4.72. The molecule has 0 saturated heterocycles. The second-order valence-electron chi connectivity index (χ2n) is 6.00. The molecule has 4 nitrogen and oxygen atoms in total. The second-order valence-corrected chi connectivity index (χ2v) is 6.00. The van der Waals surface area contributed by atoms with Gasteiger partial charge < -0.3 is 0 Å². The summed E-state index contributed by atoms with van der Waals surface area (Å²) < 4.78 is 0. The van der Waals surface area contributed by atoms with E-state index in [0.29, 0.717) is 0 Å². The minimum absolute atomic E-state index is 0.511. The van der Waals surface area contributed by atoms with Crippen molar-refractivity contribution in [3.63, 3.8) is 0 Å². The van der Waals surface area contributed by atoms with E-state index in [1.807, 2.05) is 19.9 Å². The van der Waals surface area contributed by atoms with E-state index < -0.39 is 5.41 Å². The number of aromatic amines is 1. The largest absolute Gasteiger partial charge is 0.261 e. The maximum atomic E-state index is 9.44. The monoisotopic (exact) mass is 290 g/mol. The molecule has 0 radical (unpaired) electrons. The number of nitrogens with one attached hydrogen (secondary N) is 1. The lowest BCUT2D eigenvalue weighted by Gasteiger charge is -2.19. The van der Waals surface area contributed by atoms with Crippen molar-refractivity contribution < 1.29 is 0 Å². The molecule has 1 N–H and O–H groups in total. The summed E-state index contributed by atoms with van der Waals surface area (Å²) >= 11 is 0. The van der Waals surface area contributed by atoms with Gasteiger partial charge in [-0.1, -0.05) is 19.1 Å². The maximum absolute atomic E-state index is 9.44. The first kappa shape index (κ1) is 14.3. The Kier molecular flexibility index (Phi) is 3.42. The molecule has 4 heteroatoms. The minimum Gasteiger partial charge on any atom is -0.261 e. The van der Waals surface area contributed by atoms with Gasteiger partial charge in [-0.25, -0.2) is 4.98 Å². The maximum Gasteiger partial charge on any atom is 0.155 e. The van der Waals surface area contributed by atoms with Crippen molar-refractivity contribution in [1.82, 2.24) is 15.2 Å². The van der Waals surface area contributed by atoms with Gasteiger partial charge in [0.2, 0.25) is 0 Å². The number of pyridine rings is 1. The van der Waals surface area contributed by atoms with E-state index in [-0.39, 0.29) is 0 Å². The van der Waals surface area contributed by atoms with Gasteiger partial charge in [-0.3, -0.25) is 5.10 Å². The fraction of sp³-hybridized carbons (Fsp3) is 0.278. The molecule has 0 aliphatic rings. The molecule has 0 saturated carbocycles. The predicted molar refractivity (Wildman–Crippen MR) is 87.3 cm³/mol. The van der Waals surface area contributed by atoms with E-state index >= 15 is 0 Å². The summed E-state index contributed by atoms with van der Waals surface area (Å²) in [5, 5.41) is 17.4. The molecular weight excluding hydrogens is 272 g/mol. The second kappa shape index (κ2) is 5.27. The fourth-order valence-corrected chi connectivity index (χ4v) is 2.58. The van der Waals surface area contributed by atoms with Crippen molar-refractivity contribution in [1.29, 1.82) is 5.26 Å². The molecule has 3 aromatic rings. The van der Waals surface area contributed by atoms with Crippen LogP contribution in [0.4, 0.5) is 0 Å². The predicted octanol–water partition coefficient (Wildman–Crippen LogP) is 3.99. The van der Waals surface area contributed by atoms with Gasteiger partial charge in [-0.15, -0.1) is 0 Å². The Morgan fingerprint density at radius 2 is 2.09 bits per heavy atom. The molecule has 22 heavy (non-hydrogen) atoms. The number of fused-ring (bicyclic) bond motifs is 1. The lowest BCUT2D eigenvalue weighted by molar-refractivity contribution is 0.686. The zero-order valence-corrected chi connectivity index (χ0v) is 13.0. The Morgan fingerprint density at radius 3 is 2.82 bits per heavy atom. The zero-order chi connectivity index (χ0) is 15.7. The first-order valence-corrected chi connectivity index (χ1v) is 7.39. The van der Waals surface area contributed by atoms with Crippen molar-refractivity contribution in [2.45, 2.75) is 32.6 Å². The van der Waals surface area contributed by atoms with Crippen molar-refractivity contribution in [3.05, 3.63) is 47.8 Å². The van der Waals surface area contributed by atoms with Crippen LogP contribution in [0.1, 0.15) is 31.9 Å². The summed E-state index contributed by atoms with van der Waals surface area (Å²) in [6.45, 7) is 6.03. The van der Waals surface area contributed by atoms with Gasteiger partial charge in [-0.2, -0.15) is 10.4 Å². The van der Waals surface area contributed by atoms with Crippen molar-refractivity contribution >= 4 is 11.0 Å². The fourth-order valence-electron chi connectivity index (χ4n) is 2.58. The standard InChI is InChI=1S/C18H18N4/c1-4-12-7-13(9-14(8-12)18(2,3)11-19)15-5-6-20-17-16(15)10-21-22-17/h5-10H,4H2,1-3H3,(H,20,21,22). The first-order valence-electron chi connectivity index (χ1n) is 7.39. The number of aryl methyl sites for hydroxylation is 1. The highest BCUT2D eigenvalue weighted by molar-refractivity contribution is 5.92. The molecule has 0 bridgehead atoms. The molecule has 0 fully saturated rings. The van der Waals surface area contributed by atoms with Gasteiger partial charge in [0.05, 0.1) is 17.7 Å². The van der Waals surface area contributed by atoms with Gasteiger partial charge in [0.25, 0.3) is 0 Å². The quantitative estimate of drug-likeness (QED) is 0.793.